The van der Waals surface area contributed by atoms with Crippen LogP contribution in [0.1, 0.15) is 58.3 Å². The van der Waals surface area contributed by atoms with Crippen molar-refractivity contribution in [3.63, 3.8) is 0 Å². The summed E-state index contributed by atoms with van der Waals surface area (Å²) in [6.07, 6.45) is 8.10. The molecule has 27 heavy (non-hydrogen) atoms. The van der Waals surface area contributed by atoms with Crippen LogP contribution >= 0.6 is 0 Å². The first-order valence-corrected chi connectivity index (χ1v) is 10.2. The molecule has 2 heterocycles. The number of nitrogens with zero attached hydrogens (tertiary/aromatic N) is 4. The van der Waals surface area contributed by atoms with Crippen LogP contribution in [0.5, 0.6) is 0 Å². The highest BCUT2D eigenvalue weighted by Crippen LogP contribution is 2.18. The SMILES string of the molecule is CCC(C)n1ccnc1CCC(=O)N1CCC(N(C)CCNC(C)=O)CC1. The van der Waals surface area contributed by atoms with E-state index in [1.54, 1.807) is 6.92 Å². The maximum atomic E-state index is 12.6. The Hall–Kier alpha value is -1.89. The molecule has 1 aliphatic heterocycles. The van der Waals surface area contributed by atoms with E-state index in [4.69, 9.17) is 0 Å². The molecule has 1 aromatic heterocycles. The molecular formula is C20H35N5O2. The minimum atomic E-state index is 0.0118. The van der Waals surface area contributed by atoms with Crippen molar-refractivity contribution in [3.8, 4) is 0 Å². The van der Waals surface area contributed by atoms with Gasteiger partial charge in [0.25, 0.3) is 0 Å². The molecule has 152 valence electrons. The molecule has 0 spiro atoms. The number of nitrogens with one attached hydrogen (secondary N) is 1. The zero-order valence-electron chi connectivity index (χ0n) is 17.3. The number of hydrogen-bond donors (Lipinski definition) is 1. The highest BCUT2D eigenvalue weighted by atomic mass is 16.2. The van der Waals surface area contributed by atoms with Crippen molar-refractivity contribution in [2.45, 2.75) is 65.0 Å². The number of piperidine rings is 1. The number of rotatable bonds is 9. The van der Waals surface area contributed by atoms with Crippen LogP contribution in [-0.4, -0.2) is 70.4 Å². The van der Waals surface area contributed by atoms with Gasteiger partial charge in [0.15, 0.2) is 0 Å². The van der Waals surface area contributed by atoms with Crippen LogP contribution in [0, 0.1) is 0 Å². The Morgan fingerprint density at radius 1 is 1.37 bits per heavy atom. The molecule has 0 radical (unpaired) electrons. The van der Waals surface area contributed by atoms with E-state index in [0.29, 0.717) is 31.5 Å². The van der Waals surface area contributed by atoms with Crippen LogP contribution in [0.2, 0.25) is 0 Å². The summed E-state index contributed by atoms with van der Waals surface area (Å²) in [5.74, 6) is 1.25. The maximum Gasteiger partial charge on any atom is 0.223 e. The highest BCUT2D eigenvalue weighted by molar-refractivity contribution is 5.76. The second kappa shape index (κ2) is 10.4. The van der Waals surface area contributed by atoms with Gasteiger partial charge in [-0.25, -0.2) is 4.98 Å². The number of aromatic nitrogens is 2. The molecule has 1 aromatic rings. The molecule has 0 saturated carbocycles. The van der Waals surface area contributed by atoms with E-state index >= 15 is 0 Å². The topological polar surface area (TPSA) is 70.5 Å². The lowest BCUT2D eigenvalue weighted by Crippen LogP contribution is -2.47. The summed E-state index contributed by atoms with van der Waals surface area (Å²) in [5, 5.41) is 2.84. The van der Waals surface area contributed by atoms with Gasteiger partial charge in [0.2, 0.25) is 11.8 Å². The molecular weight excluding hydrogens is 342 g/mol. The molecule has 1 N–H and O–H groups in total. The highest BCUT2D eigenvalue weighted by Gasteiger charge is 2.25. The summed E-state index contributed by atoms with van der Waals surface area (Å²) in [5.41, 5.74) is 0. The Labute approximate surface area is 163 Å². The number of imidazole rings is 1. The maximum absolute atomic E-state index is 12.6. The summed E-state index contributed by atoms with van der Waals surface area (Å²) < 4.78 is 2.18. The van der Waals surface area contributed by atoms with E-state index in [1.165, 1.54) is 0 Å². The van der Waals surface area contributed by atoms with Gasteiger partial charge in [-0.3, -0.25) is 9.59 Å². The molecule has 2 rings (SSSR count). The van der Waals surface area contributed by atoms with Crippen LogP contribution < -0.4 is 5.32 Å². The molecule has 7 heteroatoms. The van der Waals surface area contributed by atoms with E-state index in [9.17, 15) is 9.59 Å². The summed E-state index contributed by atoms with van der Waals surface area (Å²) in [6, 6.07) is 0.897. The standard InChI is InChI=1S/C20H35N5O2/c1-5-16(2)25-15-11-22-19(25)6-7-20(27)24-12-8-18(9-13-24)23(4)14-10-21-17(3)26/h11,15-16,18H,5-10,12-14H2,1-4H3,(H,21,26). The first-order chi connectivity index (χ1) is 12.9. The number of hydrogen-bond acceptors (Lipinski definition) is 4. The van der Waals surface area contributed by atoms with E-state index < -0.39 is 0 Å². The van der Waals surface area contributed by atoms with Crippen molar-refractivity contribution < 1.29 is 9.59 Å². The zero-order valence-corrected chi connectivity index (χ0v) is 17.3. The summed E-state index contributed by atoms with van der Waals surface area (Å²) >= 11 is 0. The van der Waals surface area contributed by atoms with E-state index in [-0.39, 0.29) is 11.8 Å². The molecule has 7 nitrogen and oxygen atoms in total. The smallest absolute Gasteiger partial charge is 0.223 e. The Morgan fingerprint density at radius 2 is 2.07 bits per heavy atom. The second-order valence-electron chi connectivity index (χ2n) is 7.58. The number of aryl methyl sites for hydroxylation is 1. The largest absolute Gasteiger partial charge is 0.355 e. The third kappa shape index (κ3) is 6.34. The summed E-state index contributed by atoms with van der Waals surface area (Å²) in [6.45, 7) is 9.03. The van der Waals surface area contributed by atoms with Crippen LogP contribution in [-0.2, 0) is 16.0 Å². The Bertz CT molecular complexity index is 607. The van der Waals surface area contributed by atoms with Gasteiger partial charge in [-0.1, -0.05) is 6.92 Å². The molecule has 1 unspecified atom stereocenters. The number of carbonyl (C=O) groups is 2. The van der Waals surface area contributed by atoms with Crippen molar-refractivity contribution in [3.05, 3.63) is 18.2 Å². The Morgan fingerprint density at radius 3 is 2.70 bits per heavy atom. The lowest BCUT2D eigenvalue weighted by molar-refractivity contribution is -0.132. The molecule has 0 bridgehead atoms. The van der Waals surface area contributed by atoms with Crippen LogP contribution in [0.3, 0.4) is 0 Å². The third-order valence-corrected chi connectivity index (χ3v) is 5.66. The summed E-state index contributed by atoms with van der Waals surface area (Å²) in [4.78, 5) is 32.3. The van der Waals surface area contributed by atoms with E-state index in [2.05, 4.69) is 40.7 Å². The van der Waals surface area contributed by atoms with Gasteiger partial charge < -0.3 is 19.7 Å². The lowest BCUT2D eigenvalue weighted by atomic mass is 10.0. The summed E-state index contributed by atoms with van der Waals surface area (Å²) in [7, 11) is 2.10. The predicted octanol–water partition coefficient (Wildman–Crippen LogP) is 1.85. The van der Waals surface area contributed by atoms with Crippen LogP contribution in [0.15, 0.2) is 12.4 Å². The van der Waals surface area contributed by atoms with Crippen molar-refractivity contribution in [1.29, 1.82) is 0 Å². The molecule has 1 saturated heterocycles. The molecule has 1 fully saturated rings. The number of amides is 2. The van der Waals surface area contributed by atoms with Crippen molar-refractivity contribution >= 4 is 11.8 Å². The fraction of sp³-hybridized carbons (Fsp3) is 0.750. The van der Waals surface area contributed by atoms with Crippen molar-refractivity contribution in [1.82, 2.24) is 24.7 Å². The Balaban J connectivity index is 1.73. The quantitative estimate of drug-likeness (QED) is 0.713. The van der Waals surface area contributed by atoms with Crippen LogP contribution in [0.25, 0.3) is 0 Å². The fourth-order valence-corrected chi connectivity index (χ4v) is 3.66. The molecule has 0 aromatic carbocycles. The Kier molecular flexibility index (Phi) is 8.28. The average Bonchev–Trinajstić information content (AvgIpc) is 3.13. The zero-order chi connectivity index (χ0) is 19.8. The molecule has 2 amide bonds. The lowest BCUT2D eigenvalue weighted by Gasteiger charge is -2.37. The van der Waals surface area contributed by atoms with Gasteiger partial charge in [0, 0.05) is 70.4 Å². The van der Waals surface area contributed by atoms with Crippen molar-refractivity contribution in [2.75, 3.05) is 33.2 Å². The number of carbonyl (C=O) groups excluding carboxylic acids is 2. The predicted molar refractivity (Wildman–Crippen MR) is 106 cm³/mol. The second-order valence-corrected chi connectivity index (χ2v) is 7.58. The fourth-order valence-electron chi connectivity index (χ4n) is 3.66. The minimum absolute atomic E-state index is 0.0118. The number of likely N-dealkylation sites (tertiary alicyclic amines) is 1. The van der Waals surface area contributed by atoms with Crippen molar-refractivity contribution in [2.24, 2.45) is 0 Å². The molecule has 0 aliphatic carbocycles. The van der Waals surface area contributed by atoms with Gasteiger partial charge in [0.1, 0.15) is 5.82 Å². The van der Waals surface area contributed by atoms with E-state index in [0.717, 1.165) is 44.7 Å². The van der Waals surface area contributed by atoms with Crippen LogP contribution in [0.4, 0.5) is 0 Å². The van der Waals surface area contributed by atoms with E-state index in [1.807, 2.05) is 17.3 Å². The molecule has 1 atom stereocenters. The van der Waals surface area contributed by atoms with Gasteiger partial charge in [-0.2, -0.15) is 0 Å². The van der Waals surface area contributed by atoms with Gasteiger partial charge in [-0.15, -0.1) is 0 Å². The first-order valence-electron chi connectivity index (χ1n) is 10.2. The number of likely N-dealkylation sites (N-methyl/N-ethyl adjacent to an activating group) is 1. The average molecular weight is 378 g/mol. The van der Waals surface area contributed by atoms with Gasteiger partial charge in [0.05, 0.1) is 0 Å². The third-order valence-electron chi connectivity index (χ3n) is 5.66. The molecule has 1 aliphatic rings. The van der Waals surface area contributed by atoms with Gasteiger partial charge >= 0.3 is 0 Å². The van der Waals surface area contributed by atoms with Gasteiger partial charge in [-0.05, 0) is 33.2 Å². The minimum Gasteiger partial charge on any atom is -0.355 e. The normalized spacial score (nSPS) is 16.6. The monoisotopic (exact) mass is 377 g/mol. The first kappa shape index (κ1) is 21.4.